The van der Waals surface area contributed by atoms with Crippen LogP contribution in [0.25, 0.3) is 0 Å². The number of likely N-dealkylation sites (tertiary alicyclic amines) is 1. The molecule has 0 aromatic heterocycles. The first-order chi connectivity index (χ1) is 28.4. The van der Waals surface area contributed by atoms with Crippen molar-refractivity contribution in [3.8, 4) is 0 Å². The summed E-state index contributed by atoms with van der Waals surface area (Å²) in [5, 5.41) is 21.7. The number of piperazine rings is 1. The number of nitrogens with one attached hydrogen (secondary N) is 4. The molecule has 4 aromatic carbocycles. The van der Waals surface area contributed by atoms with Gasteiger partial charge < -0.3 is 36.2 Å². The number of anilines is 4. The quantitative estimate of drug-likeness (QED) is 0.0595. The molecule has 10 nitrogen and oxygen atoms in total. The van der Waals surface area contributed by atoms with Crippen molar-refractivity contribution in [1.82, 2.24) is 25.3 Å². The van der Waals surface area contributed by atoms with Gasteiger partial charge in [-0.2, -0.15) is 0 Å². The lowest BCUT2D eigenvalue weighted by Gasteiger charge is -2.34. The topological polar surface area (TPSA) is 112 Å². The highest BCUT2D eigenvalue weighted by Crippen LogP contribution is 2.30. The van der Waals surface area contributed by atoms with Crippen LogP contribution in [0.15, 0.2) is 71.2 Å². The van der Waals surface area contributed by atoms with Crippen molar-refractivity contribution in [2.24, 2.45) is 0 Å². The highest BCUT2D eigenvalue weighted by molar-refractivity contribution is 14.1. The van der Waals surface area contributed by atoms with Crippen LogP contribution in [0.1, 0.15) is 57.5 Å². The Morgan fingerprint density at radius 3 is 2.02 bits per heavy atom. The Labute approximate surface area is 373 Å². The maximum Gasteiger partial charge on any atom is 0.253 e. The van der Waals surface area contributed by atoms with Crippen molar-refractivity contribution in [1.29, 1.82) is 0 Å². The zero-order chi connectivity index (χ0) is 42.3. The molecule has 4 aromatic rings. The molecule has 2 heterocycles. The van der Waals surface area contributed by atoms with E-state index >= 15 is 0 Å². The van der Waals surface area contributed by atoms with Crippen molar-refractivity contribution in [3.63, 3.8) is 0 Å². The van der Waals surface area contributed by atoms with Crippen LogP contribution < -0.4 is 21.3 Å². The summed E-state index contributed by atoms with van der Waals surface area (Å²) < 4.78 is 30.4. The third-order valence-corrected chi connectivity index (χ3v) is 11.9. The fraction of sp³-hybridized carbons (Fsp3) is 0.409. The maximum atomic E-state index is 14.5. The summed E-state index contributed by atoms with van der Waals surface area (Å²) in [4.78, 5) is 32.5. The van der Waals surface area contributed by atoms with Crippen molar-refractivity contribution in [2.75, 3.05) is 89.2 Å². The van der Waals surface area contributed by atoms with E-state index in [2.05, 4.69) is 80.6 Å². The second-order valence-electron chi connectivity index (χ2n) is 14.8. The van der Waals surface area contributed by atoms with Crippen LogP contribution in [-0.2, 0) is 0 Å². The maximum absolute atomic E-state index is 14.5. The van der Waals surface area contributed by atoms with Crippen LogP contribution in [0.3, 0.4) is 0 Å². The minimum atomic E-state index is -1.06. The van der Waals surface area contributed by atoms with Crippen LogP contribution in [-0.4, -0.2) is 110 Å². The monoisotopic (exact) mass is 1010 g/mol. The number of nitrogens with zero attached hydrogens (tertiary/aromatic N) is 3. The molecule has 6 rings (SSSR count). The van der Waals surface area contributed by atoms with Crippen molar-refractivity contribution >= 4 is 84.7 Å². The van der Waals surface area contributed by atoms with Gasteiger partial charge in [0.25, 0.3) is 11.8 Å². The number of aliphatic hydroxyl groups excluding tert-OH is 1. The van der Waals surface area contributed by atoms with Crippen molar-refractivity contribution in [3.05, 3.63) is 114 Å². The van der Waals surface area contributed by atoms with Gasteiger partial charge in [-0.05, 0) is 153 Å². The molecule has 0 unspecified atom stereocenters. The largest absolute Gasteiger partial charge is 0.395 e. The van der Waals surface area contributed by atoms with Crippen LogP contribution in [0.5, 0.6) is 0 Å². The van der Waals surface area contributed by atoms with Crippen LogP contribution in [0, 0.1) is 29.1 Å². The number of benzene rings is 4. The number of rotatable bonds is 15. The molecule has 0 radical (unpaired) electrons. The fourth-order valence-corrected chi connectivity index (χ4v) is 8.37. The van der Waals surface area contributed by atoms with E-state index in [-0.39, 0.29) is 23.8 Å². The van der Waals surface area contributed by atoms with Gasteiger partial charge in [0.05, 0.1) is 29.1 Å². The molecular formula is C44H54BrClF2IN7O3. The summed E-state index contributed by atoms with van der Waals surface area (Å²) in [6, 6.07) is 19.2. The van der Waals surface area contributed by atoms with Gasteiger partial charge in [-0.15, -0.1) is 0 Å². The summed E-state index contributed by atoms with van der Waals surface area (Å²) in [6.07, 6.45) is 4.50. The first kappa shape index (κ1) is 46.7. The predicted octanol–water partition coefficient (Wildman–Crippen LogP) is 8.72. The molecule has 2 amide bonds. The first-order valence-corrected chi connectivity index (χ1v) is 22.3. The highest BCUT2D eigenvalue weighted by Gasteiger charge is 2.21. The standard InChI is InChI=1S/C23H30ClIN4O2.C21H24BrF2N3O/c1-17-15-19(25)4-6-21(17)27-22-5-3-18(24)16-20(22)23(31)26-7-2-8-28-9-11-29(12-10-28)13-14-30;1-14-13-15(22)5-8-18(14)26-20-16(6-7-17(23)19(20)24)21(28)25-9-12-27-10-3-2-4-11-27/h3-6,15-16,27,30H,2,7-14H2,1H3,(H,26,31);5-8,13,26H,2-4,9-12H2,1H3,(H,25,28). The van der Waals surface area contributed by atoms with Crippen molar-refractivity contribution in [2.45, 2.75) is 39.5 Å². The van der Waals surface area contributed by atoms with Gasteiger partial charge in [-0.1, -0.05) is 34.0 Å². The third kappa shape index (κ3) is 14.4. The number of hydrogen-bond acceptors (Lipinski definition) is 8. The Morgan fingerprint density at radius 1 is 0.712 bits per heavy atom. The lowest BCUT2D eigenvalue weighted by atomic mass is 10.1. The summed E-state index contributed by atoms with van der Waals surface area (Å²) in [6.45, 7) is 13.7. The number of carbonyl (C=O) groups excluding carboxylic acids is 2. The molecule has 0 spiro atoms. The van der Waals surface area contributed by atoms with E-state index in [1.54, 1.807) is 24.3 Å². The van der Waals surface area contributed by atoms with E-state index in [1.165, 1.54) is 28.9 Å². The summed E-state index contributed by atoms with van der Waals surface area (Å²) >= 11 is 11.8. The third-order valence-electron chi connectivity index (χ3n) is 10.5. The van der Waals surface area contributed by atoms with E-state index in [4.69, 9.17) is 16.7 Å². The number of aryl methyl sites for hydroxylation is 2. The SMILES string of the molecule is Cc1cc(Br)ccc1Nc1c(C(=O)NCCN2CCCCC2)ccc(F)c1F.Cc1cc(I)ccc1Nc1ccc(Cl)cc1C(=O)NCCCN1CCN(CCO)CC1. The Bertz CT molecular complexity index is 2030. The summed E-state index contributed by atoms with van der Waals surface area (Å²) in [7, 11) is 0. The average molecular weight is 1010 g/mol. The molecule has 0 atom stereocenters. The number of hydrogen-bond donors (Lipinski definition) is 5. The second kappa shape index (κ2) is 23.6. The molecule has 0 aliphatic carbocycles. The molecule has 5 N–H and O–H groups in total. The lowest BCUT2D eigenvalue weighted by Crippen LogP contribution is -2.47. The zero-order valence-corrected chi connectivity index (χ0v) is 38.2. The van der Waals surface area contributed by atoms with E-state index in [0.717, 1.165) is 98.4 Å². The van der Waals surface area contributed by atoms with E-state index in [0.29, 0.717) is 29.4 Å². The van der Waals surface area contributed by atoms with E-state index < -0.39 is 17.5 Å². The molecule has 318 valence electrons. The Morgan fingerprint density at radius 2 is 1.32 bits per heavy atom. The van der Waals surface area contributed by atoms with Gasteiger partial charge in [0.15, 0.2) is 11.6 Å². The summed E-state index contributed by atoms with van der Waals surface area (Å²) in [5.41, 5.74) is 4.75. The van der Waals surface area contributed by atoms with E-state index in [9.17, 15) is 18.4 Å². The van der Waals surface area contributed by atoms with Gasteiger partial charge in [-0.25, -0.2) is 8.78 Å². The minimum Gasteiger partial charge on any atom is -0.395 e. The van der Waals surface area contributed by atoms with Gasteiger partial charge in [0.1, 0.15) is 0 Å². The number of β-amino-alcohol motifs (C(OH)–C–C–N with tert-alkyl or cyclic N) is 1. The van der Waals surface area contributed by atoms with Crippen LogP contribution in [0.2, 0.25) is 5.02 Å². The molecular weight excluding hydrogens is 955 g/mol. The Hall–Kier alpha value is -3.38. The van der Waals surface area contributed by atoms with Crippen molar-refractivity contribution < 1.29 is 23.5 Å². The van der Waals surface area contributed by atoms with Gasteiger partial charge in [0, 0.05) is 76.8 Å². The fourth-order valence-electron chi connectivity index (χ4n) is 7.07. The molecule has 2 saturated heterocycles. The molecule has 2 aliphatic heterocycles. The molecule has 2 fully saturated rings. The molecule has 15 heteroatoms. The average Bonchev–Trinajstić information content (AvgIpc) is 3.22. The first-order valence-electron chi connectivity index (χ1n) is 20.1. The molecule has 2 aliphatic rings. The number of carbonyl (C=O) groups is 2. The lowest BCUT2D eigenvalue weighted by molar-refractivity contribution is 0.0938. The van der Waals surface area contributed by atoms with Gasteiger partial charge >= 0.3 is 0 Å². The van der Waals surface area contributed by atoms with Crippen LogP contribution >= 0.6 is 50.1 Å². The van der Waals surface area contributed by atoms with Gasteiger partial charge in [0.2, 0.25) is 0 Å². The van der Waals surface area contributed by atoms with Gasteiger partial charge in [-0.3, -0.25) is 14.5 Å². The zero-order valence-electron chi connectivity index (χ0n) is 33.7. The number of piperidine rings is 1. The Kier molecular flexibility index (Phi) is 18.7. The number of halogens is 5. The van der Waals surface area contributed by atoms with E-state index in [1.807, 2.05) is 38.1 Å². The van der Waals surface area contributed by atoms with Crippen LogP contribution in [0.4, 0.5) is 31.5 Å². The molecule has 0 saturated carbocycles. The smallest absolute Gasteiger partial charge is 0.253 e. The normalized spacial score (nSPS) is 14.9. The molecule has 0 bridgehead atoms. The number of amides is 2. The highest BCUT2D eigenvalue weighted by atomic mass is 127. The molecule has 59 heavy (non-hydrogen) atoms. The second-order valence-corrected chi connectivity index (χ2v) is 17.4. The minimum absolute atomic E-state index is 0.0832. The summed E-state index contributed by atoms with van der Waals surface area (Å²) in [5.74, 6) is -2.61. The Balaban J connectivity index is 0.000000225. The number of aliphatic hydroxyl groups is 1. The predicted molar refractivity (Wildman–Crippen MR) is 247 cm³/mol.